The van der Waals surface area contributed by atoms with Gasteiger partial charge in [0.25, 0.3) is 15.9 Å². The van der Waals surface area contributed by atoms with E-state index < -0.39 is 22.5 Å². The molecule has 0 fully saturated rings. The maximum absolute atomic E-state index is 13.4. The highest BCUT2D eigenvalue weighted by Crippen LogP contribution is 2.34. The number of amides is 1. The first-order valence-electron chi connectivity index (χ1n) is 10.3. The van der Waals surface area contributed by atoms with E-state index in [1.54, 1.807) is 42.5 Å². The van der Waals surface area contributed by atoms with Crippen LogP contribution < -0.4 is 14.5 Å². The van der Waals surface area contributed by atoms with E-state index in [1.807, 2.05) is 19.1 Å². The molecule has 0 heterocycles. The molecule has 0 bridgehead atoms. The number of hydrazone groups is 1. The number of carbonyl (C=O) groups is 1. The summed E-state index contributed by atoms with van der Waals surface area (Å²) < 4.78 is 33.5. The van der Waals surface area contributed by atoms with E-state index in [9.17, 15) is 18.3 Å². The number of para-hydroxylation sites is 1. The molecule has 0 aromatic heterocycles. The summed E-state index contributed by atoms with van der Waals surface area (Å²) in [5.74, 6) is -0.440. The molecule has 0 unspecified atom stereocenters. The first kappa shape index (κ1) is 25.3. The summed E-state index contributed by atoms with van der Waals surface area (Å²) in [5, 5.41) is 13.8. The molecule has 1 amide bonds. The van der Waals surface area contributed by atoms with E-state index >= 15 is 0 Å². The van der Waals surface area contributed by atoms with Crippen molar-refractivity contribution in [3.8, 4) is 11.5 Å². The topological polar surface area (TPSA) is 108 Å². The summed E-state index contributed by atoms with van der Waals surface area (Å²) >= 11 is 3.22. The third kappa shape index (κ3) is 5.75. The van der Waals surface area contributed by atoms with Crippen molar-refractivity contribution in [1.82, 2.24) is 5.43 Å². The van der Waals surface area contributed by atoms with Crippen molar-refractivity contribution in [1.29, 1.82) is 0 Å². The zero-order valence-electron chi connectivity index (χ0n) is 18.6. The Morgan fingerprint density at radius 3 is 2.50 bits per heavy atom. The number of halogens is 1. The van der Waals surface area contributed by atoms with Gasteiger partial charge in [0.15, 0.2) is 11.5 Å². The minimum absolute atomic E-state index is 0.0555. The van der Waals surface area contributed by atoms with Gasteiger partial charge >= 0.3 is 0 Å². The summed E-state index contributed by atoms with van der Waals surface area (Å²) in [6, 6.07) is 18.2. The molecule has 0 aliphatic heterocycles. The van der Waals surface area contributed by atoms with Crippen LogP contribution in [0.2, 0.25) is 0 Å². The van der Waals surface area contributed by atoms with E-state index in [4.69, 9.17) is 4.74 Å². The van der Waals surface area contributed by atoms with E-state index in [-0.39, 0.29) is 16.4 Å². The van der Waals surface area contributed by atoms with Gasteiger partial charge in [-0.1, -0.05) is 43.3 Å². The van der Waals surface area contributed by atoms with E-state index in [0.717, 1.165) is 9.87 Å². The zero-order valence-corrected chi connectivity index (χ0v) is 21.0. The van der Waals surface area contributed by atoms with Crippen molar-refractivity contribution in [2.75, 3.05) is 18.0 Å². The third-order valence-corrected chi connectivity index (χ3v) is 7.31. The minimum Gasteiger partial charge on any atom is -0.503 e. The third-order valence-electron chi connectivity index (χ3n) is 4.93. The van der Waals surface area contributed by atoms with E-state index in [1.165, 1.54) is 25.5 Å². The number of phenols is 1. The Morgan fingerprint density at radius 1 is 1.15 bits per heavy atom. The largest absolute Gasteiger partial charge is 0.503 e. The van der Waals surface area contributed by atoms with Crippen LogP contribution in [0.25, 0.3) is 0 Å². The van der Waals surface area contributed by atoms with Gasteiger partial charge in [0, 0.05) is 0 Å². The van der Waals surface area contributed by atoms with Crippen LogP contribution in [0.1, 0.15) is 18.1 Å². The van der Waals surface area contributed by atoms with Crippen molar-refractivity contribution in [2.45, 2.75) is 18.2 Å². The number of hydrogen-bond donors (Lipinski definition) is 2. The molecule has 10 heteroatoms. The van der Waals surface area contributed by atoms with Crippen molar-refractivity contribution in [3.63, 3.8) is 0 Å². The number of ether oxygens (including phenoxy) is 1. The van der Waals surface area contributed by atoms with Crippen LogP contribution in [-0.2, 0) is 21.2 Å². The van der Waals surface area contributed by atoms with Crippen LogP contribution >= 0.6 is 15.9 Å². The van der Waals surface area contributed by atoms with E-state index in [2.05, 4.69) is 26.5 Å². The molecule has 0 spiro atoms. The van der Waals surface area contributed by atoms with Crippen molar-refractivity contribution >= 4 is 43.8 Å². The molecule has 0 atom stereocenters. The lowest BCUT2D eigenvalue weighted by molar-refractivity contribution is -0.119. The highest BCUT2D eigenvalue weighted by molar-refractivity contribution is 9.10. The highest BCUT2D eigenvalue weighted by Gasteiger charge is 2.28. The number of nitrogens with zero attached hydrogens (tertiary/aromatic N) is 2. The summed E-state index contributed by atoms with van der Waals surface area (Å²) in [6.07, 6.45) is 1.95. The van der Waals surface area contributed by atoms with Gasteiger partial charge in [-0.2, -0.15) is 5.10 Å². The predicted molar refractivity (Wildman–Crippen MR) is 135 cm³/mol. The molecule has 0 saturated heterocycles. The number of anilines is 1. The first-order valence-corrected chi connectivity index (χ1v) is 12.5. The number of methoxy groups -OCH3 is 1. The Kier molecular flexibility index (Phi) is 8.30. The highest BCUT2D eigenvalue weighted by atomic mass is 79.9. The molecule has 0 radical (unpaired) electrons. The number of sulfonamides is 1. The average molecular weight is 546 g/mol. The number of benzene rings is 3. The maximum Gasteiger partial charge on any atom is 0.264 e. The second kappa shape index (κ2) is 11.2. The molecule has 3 aromatic rings. The Bertz CT molecular complexity index is 1300. The SMILES string of the molecule is CCc1ccccc1N(CC(=O)N/N=C\c1cc(Br)c(O)c(OC)c1)S(=O)(=O)c1ccccc1. The fourth-order valence-corrected chi connectivity index (χ4v) is 5.18. The van der Waals surface area contributed by atoms with E-state index in [0.29, 0.717) is 22.1 Å². The number of hydrogen-bond acceptors (Lipinski definition) is 6. The Balaban J connectivity index is 1.86. The van der Waals surface area contributed by atoms with Crippen LogP contribution in [-0.4, -0.2) is 39.3 Å². The molecule has 0 aliphatic carbocycles. The van der Waals surface area contributed by atoms with Gasteiger partial charge in [-0.05, 0) is 63.8 Å². The minimum atomic E-state index is -4.01. The molecule has 3 rings (SSSR count). The number of phenolic OH excluding ortho intramolecular Hbond substituents is 1. The lowest BCUT2D eigenvalue weighted by Gasteiger charge is -2.25. The summed E-state index contributed by atoms with van der Waals surface area (Å²) in [6.45, 7) is 1.45. The van der Waals surface area contributed by atoms with Gasteiger partial charge in [-0.15, -0.1) is 0 Å². The molecule has 8 nitrogen and oxygen atoms in total. The fraction of sp³-hybridized carbons (Fsp3) is 0.167. The summed E-state index contributed by atoms with van der Waals surface area (Å²) in [4.78, 5) is 12.8. The van der Waals surface area contributed by atoms with Gasteiger partial charge in [-0.25, -0.2) is 13.8 Å². The van der Waals surface area contributed by atoms with Gasteiger partial charge in [0.2, 0.25) is 0 Å². The van der Waals surface area contributed by atoms with Gasteiger partial charge in [0.05, 0.1) is 28.4 Å². The van der Waals surface area contributed by atoms with Gasteiger partial charge in [-0.3, -0.25) is 9.10 Å². The van der Waals surface area contributed by atoms with Crippen LogP contribution in [0.5, 0.6) is 11.5 Å². The standard InChI is InChI=1S/C24H24BrN3O5S/c1-3-18-9-7-8-12-21(18)28(34(31,32)19-10-5-4-6-11-19)16-23(29)27-26-15-17-13-20(25)24(30)22(14-17)33-2/h4-15,30H,3,16H2,1-2H3,(H,27,29)/b26-15-. The van der Waals surface area contributed by atoms with Crippen molar-refractivity contribution < 1.29 is 23.1 Å². The van der Waals surface area contributed by atoms with Crippen LogP contribution in [0.3, 0.4) is 0 Å². The monoisotopic (exact) mass is 545 g/mol. The number of nitrogens with one attached hydrogen (secondary N) is 1. The second-order valence-electron chi connectivity index (χ2n) is 7.15. The number of aryl methyl sites for hydroxylation is 1. The molecule has 2 N–H and O–H groups in total. The lowest BCUT2D eigenvalue weighted by Crippen LogP contribution is -2.40. The normalized spacial score (nSPS) is 11.4. The average Bonchev–Trinajstić information content (AvgIpc) is 2.85. The van der Waals surface area contributed by atoms with Gasteiger partial charge in [0.1, 0.15) is 6.54 Å². The molecule has 34 heavy (non-hydrogen) atoms. The summed E-state index contributed by atoms with van der Waals surface area (Å²) in [7, 11) is -2.59. The Morgan fingerprint density at radius 2 is 1.82 bits per heavy atom. The number of carbonyl (C=O) groups excluding carboxylic acids is 1. The zero-order chi connectivity index (χ0) is 24.7. The lowest BCUT2D eigenvalue weighted by atomic mass is 10.1. The molecular formula is C24H24BrN3O5S. The Labute approximate surface area is 207 Å². The van der Waals surface area contributed by atoms with Crippen LogP contribution in [0.15, 0.2) is 81.2 Å². The van der Waals surface area contributed by atoms with Crippen molar-refractivity contribution in [3.05, 3.63) is 82.3 Å². The predicted octanol–water partition coefficient (Wildman–Crippen LogP) is 4.07. The maximum atomic E-state index is 13.4. The molecular weight excluding hydrogens is 522 g/mol. The fourth-order valence-electron chi connectivity index (χ4n) is 3.24. The molecule has 178 valence electrons. The Hall–Kier alpha value is -3.37. The molecule has 0 aliphatic rings. The van der Waals surface area contributed by atoms with Crippen molar-refractivity contribution in [2.24, 2.45) is 5.10 Å². The van der Waals surface area contributed by atoms with Crippen LogP contribution in [0, 0.1) is 0 Å². The van der Waals surface area contributed by atoms with Gasteiger partial charge < -0.3 is 9.84 Å². The molecule has 3 aromatic carbocycles. The molecule has 0 saturated carbocycles. The second-order valence-corrected chi connectivity index (χ2v) is 9.87. The number of rotatable bonds is 9. The quantitative estimate of drug-likeness (QED) is 0.311. The first-order chi connectivity index (χ1) is 16.3. The number of aromatic hydroxyl groups is 1. The summed E-state index contributed by atoms with van der Waals surface area (Å²) in [5.41, 5.74) is 4.14. The van der Waals surface area contributed by atoms with Crippen LogP contribution in [0.4, 0.5) is 5.69 Å². The smallest absolute Gasteiger partial charge is 0.264 e.